The Hall–Kier alpha value is -0.620. The zero-order valence-corrected chi connectivity index (χ0v) is 11.9. The van der Waals surface area contributed by atoms with Gasteiger partial charge in [-0.05, 0) is 48.9 Å². The maximum Gasteiger partial charge on any atom is 0.0483 e. The molecule has 0 aromatic heterocycles. The normalized spacial score (nSPS) is 18.8. The third kappa shape index (κ3) is 3.45. The van der Waals surface area contributed by atoms with E-state index in [9.17, 15) is 0 Å². The van der Waals surface area contributed by atoms with E-state index in [1.165, 1.54) is 0 Å². The van der Waals surface area contributed by atoms with E-state index in [1.54, 1.807) is 0 Å². The van der Waals surface area contributed by atoms with Crippen molar-refractivity contribution >= 4 is 21.6 Å². The smallest absolute Gasteiger partial charge is 0.0483 e. The Labute approximate surface area is 116 Å². The molecule has 1 aromatic carbocycles. The van der Waals surface area contributed by atoms with Gasteiger partial charge in [0.1, 0.15) is 0 Å². The number of halogens is 1. The van der Waals surface area contributed by atoms with E-state index in [0.29, 0.717) is 5.92 Å². The first-order valence-electron chi connectivity index (χ1n) is 6.29. The van der Waals surface area contributed by atoms with E-state index in [2.05, 4.69) is 21.4 Å². The number of benzene rings is 1. The van der Waals surface area contributed by atoms with E-state index in [-0.39, 0.29) is 6.04 Å². The topological polar surface area (TPSA) is 73.3 Å². The number of ether oxygens (including phenoxy) is 1. The summed E-state index contributed by atoms with van der Waals surface area (Å²) in [6.45, 7) is 1.71. The Morgan fingerprint density at radius 1 is 1.39 bits per heavy atom. The molecule has 2 rings (SSSR count). The quantitative estimate of drug-likeness (QED) is 0.453. The molecule has 4 nitrogen and oxygen atoms in total. The van der Waals surface area contributed by atoms with Crippen LogP contribution in [0.5, 0.6) is 0 Å². The fourth-order valence-corrected chi connectivity index (χ4v) is 2.83. The largest absolute Gasteiger partial charge is 0.398 e. The summed E-state index contributed by atoms with van der Waals surface area (Å²) >= 11 is 3.47. The van der Waals surface area contributed by atoms with Gasteiger partial charge in [-0.1, -0.05) is 15.9 Å². The van der Waals surface area contributed by atoms with Gasteiger partial charge in [0, 0.05) is 29.4 Å². The molecule has 18 heavy (non-hydrogen) atoms. The van der Waals surface area contributed by atoms with Crippen molar-refractivity contribution in [1.82, 2.24) is 5.43 Å². The van der Waals surface area contributed by atoms with Crippen molar-refractivity contribution in [3.8, 4) is 0 Å². The summed E-state index contributed by atoms with van der Waals surface area (Å²) in [5.74, 6) is 6.34. The number of nitrogens with one attached hydrogen (secondary N) is 1. The number of rotatable bonds is 4. The maximum atomic E-state index is 6.03. The highest BCUT2D eigenvalue weighted by Crippen LogP contribution is 2.31. The standard InChI is InChI=1S/C13H20BrN3O/c14-10-1-2-12(15)11(8-10)13(17-16)7-9-3-5-18-6-4-9/h1-2,8-9,13,17H,3-7,15-16H2. The lowest BCUT2D eigenvalue weighted by atomic mass is 9.89. The molecule has 1 aliphatic heterocycles. The predicted molar refractivity (Wildman–Crippen MR) is 76.8 cm³/mol. The Kier molecular flexibility index (Phi) is 5.00. The molecule has 1 heterocycles. The van der Waals surface area contributed by atoms with E-state index in [0.717, 1.165) is 48.2 Å². The lowest BCUT2D eigenvalue weighted by Crippen LogP contribution is -2.31. The van der Waals surface area contributed by atoms with Crippen LogP contribution in [0.4, 0.5) is 5.69 Å². The van der Waals surface area contributed by atoms with Gasteiger partial charge >= 0.3 is 0 Å². The fraction of sp³-hybridized carbons (Fsp3) is 0.538. The van der Waals surface area contributed by atoms with Crippen molar-refractivity contribution in [1.29, 1.82) is 0 Å². The second-order valence-electron chi connectivity index (χ2n) is 4.78. The van der Waals surface area contributed by atoms with Crippen LogP contribution in [0, 0.1) is 5.92 Å². The molecule has 5 N–H and O–H groups in total. The van der Waals surface area contributed by atoms with Crippen LogP contribution in [0.15, 0.2) is 22.7 Å². The molecule has 100 valence electrons. The lowest BCUT2D eigenvalue weighted by Gasteiger charge is -2.27. The summed E-state index contributed by atoms with van der Waals surface area (Å²) in [5.41, 5.74) is 10.8. The van der Waals surface area contributed by atoms with Crippen molar-refractivity contribution in [2.24, 2.45) is 11.8 Å². The monoisotopic (exact) mass is 313 g/mol. The SMILES string of the molecule is NNC(CC1CCOCC1)c1cc(Br)ccc1N. The Morgan fingerprint density at radius 2 is 2.11 bits per heavy atom. The highest BCUT2D eigenvalue weighted by molar-refractivity contribution is 9.10. The van der Waals surface area contributed by atoms with E-state index in [1.807, 2.05) is 18.2 Å². The molecule has 0 spiro atoms. The first-order chi connectivity index (χ1) is 8.70. The number of hydrogen-bond acceptors (Lipinski definition) is 4. The highest BCUT2D eigenvalue weighted by Gasteiger charge is 2.21. The summed E-state index contributed by atoms with van der Waals surface area (Å²) in [4.78, 5) is 0. The summed E-state index contributed by atoms with van der Waals surface area (Å²) in [5, 5.41) is 0. The van der Waals surface area contributed by atoms with Crippen LogP contribution in [-0.4, -0.2) is 13.2 Å². The summed E-state index contributed by atoms with van der Waals surface area (Å²) in [6.07, 6.45) is 3.21. The minimum atomic E-state index is 0.102. The minimum absolute atomic E-state index is 0.102. The molecular formula is C13H20BrN3O. The van der Waals surface area contributed by atoms with Crippen molar-refractivity contribution in [2.45, 2.75) is 25.3 Å². The van der Waals surface area contributed by atoms with Gasteiger partial charge in [0.25, 0.3) is 0 Å². The maximum absolute atomic E-state index is 6.03. The molecular weight excluding hydrogens is 294 g/mol. The van der Waals surface area contributed by atoms with Crippen molar-refractivity contribution in [3.05, 3.63) is 28.2 Å². The molecule has 0 saturated carbocycles. The molecule has 1 fully saturated rings. The predicted octanol–water partition coefficient (Wildman–Crippen LogP) is 2.35. The zero-order chi connectivity index (χ0) is 13.0. The molecule has 1 unspecified atom stereocenters. The fourth-order valence-electron chi connectivity index (χ4n) is 2.45. The average molecular weight is 314 g/mol. The van der Waals surface area contributed by atoms with E-state index < -0.39 is 0 Å². The van der Waals surface area contributed by atoms with Gasteiger partial charge in [-0.2, -0.15) is 0 Å². The van der Waals surface area contributed by atoms with Crippen LogP contribution >= 0.6 is 15.9 Å². The van der Waals surface area contributed by atoms with Crippen LogP contribution in [0.1, 0.15) is 30.9 Å². The van der Waals surface area contributed by atoms with Gasteiger partial charge in [0.2, 0.25) is 0 Å². The molecule has 1 atom stereocenters. The molecule has 0 aliphatic carbocycles. The molecule has 0 amide bonds. The van der Waals surface area contributed by atoms with Crippen LogP contribution in [-0.2, 0) is 4.74 Å². The van der Waals surface area contributed by atoms with E-state index in [4.69, 9.17) is 16.3 Å². The van der Waals surface area contributed by atoms with Crippen molar-refractivity contribution in [2.75, 3.05) is 18.9 Å². The first kappa shape index (κ1) is 13.8. The Morgan fingerprint density at radius 3 is 2.78 bits per heavy atom. The summed E-state index contributed by atoms with van der Waals surface area (Å²) in [7, 11) is 0. The van der Waals surface area contributed by atoms with E-state index >= 15 is 0 Å². The van der Waals surface area contributed by atoms with Gasteiger partial charge in [-0.15, -0.1) is 0 Å². The number of anilines is 1. The Bertz CT molecular complexity index is 394. The van der Waals surface area contributed by atoms with Crippen molar-refractivity contribution < 1.29 is 4.74 Å². The second kappa shape index (κ2) is 6.52. The van der Waals surface area contributed by atoms with Gasteiger partial charge in [-0.25, -0.2) is 0 Å². The molecule has 1 saturated heterocycles. The molecule has 1 aromatic rings. The number of hydrazine groups is 1. The summed E-state index contributed by atoms with van der Waals surface area (Å²) < 4.78 is 6.41. The molecule has 5 heteroatoms. The third-order valence-corrected chi connectivity index (χ3v) is 4.03. The summed E-state index contributed by atoms with van der Waals surface area (Å²) in [6, 6.07) is 6.00. The first-order valence-corrected chi connectivity index (χ1v) is 7.09. The van der Waals surface area contributed by atoms with Gasteiger partial charge in [0.15, 0.2) is 0 Å². The molecule has 0 radical (unpaired) electrons. The van der Waals surface area contributed by atoms with Gasteiger partial charge in [-0.3, -0.25) is 11.3 Å². The molecule has 0 bridgehead atoms. The van der Waals surface area contributed by atoms with Crippen LogP contribution in [0.25, 0.3) is 0 Å². The lowest BCUT2D eigenvalue weighted by molar-refractivity contribution is 0.0605. The van der Waals surface area contributed by atoms with Crippen molar-refractivity contribution in [3.63, 3.8) is 0 Å². The number of hydrogen-bond donors (Lipinski definition) is 3. The molecule has 1 aliphatic rings. The van der Waals surface area contributed by atoms with Crippen LogP contribution < -0.4 is 17.0 Å². The van der Waals surface area contributed by atoms with Gasteiger partial charge < -0.3 is 10.5 Å². The van der Waals surface area contributed by atoms with Gasteiger partial charge in [0.05, 0.1) is 0 Å². The highest BCUT2D eigenvalue weighted by atomic mass is 79.9. The van der Waals surface area contributed by atoms with Crippen LogP contribution in [0.2, 0.25) is 0 Å². The number of nitrogen functional groups attached to an aromatic ring is 1. The number of nitrogens with two attached hydrogens (primary N) is 2. The second-order valence-corrected chi connectivity index (χ2v) is 5.70. The third-order valence-electron chi connectivity index (χ3n) is 3.54. The average Bonchev–Trinajstić information content (AvgIpc) is 2.40. The zero-order valence-electron chi connectivity index (χ0n) is 10.4. The van der Waals surface area contributed by atoms with Crippen LogP contribution in [0.3, 0.4) is 0 Å². The Balaban J connectivity index is 2.09. The minimum Gasteiger partial charge on any atom is -0.398 e.